The van der Waals surface area contributed by atoms with Crippen molar-refractivity contribution in [3.63, 3.8) is 0 Å². The Bertz CT molecular complexity index is 263. The third kappa shape index (κ3) is 2.61. The third-order valence-corrected chi connectivity index (χ3v) is 1.98. The topological polar surface area (TPSA) is 34.2 Å². The van der Waals surface area contributed by atoms with E-state index in [2.05, 4.69) is 24.1 Å². The largest absolute Gasteiger partial charge is 0.480 e. The Morgan fingerprint density at radius 2 is 2.38 bits per heavy atom. The predicted molar refractivity (Wildman–Crippen MR) is 54.2 cm³/mol. The zero-order valence-electron chi connectivity index (χ0n) is 8.37. The smallest absolute Gasteiger partial charge is 0.237 e. The van der Waals surface area contributed by atoms with Crippen molar-refractivity contribution < 1.29 is 4.74 Å². The number of hydrogen-bond acceptors (Lipinski definition) is 3. The molecule has 3 nitrogen and oxygen atoms in total. The highest BCUT2D eigenvalue weighted by atomic mass is 16.5. The maximum atomic E-state index is 5.12. The van der Waals surface area contributed by atoms with Gasteiger partial charge in [0.05, 0.1) is 12.8 Å². The molecule has 0 radical (unpaired) electrons. The molecule has 0 fully saturated rings. The molecule has 1 atom stereocenters. The Labute approximate surface area is 79.1 Å². The Hall–Kier alpha value is -1.25. The lowest BCUT2D eigenvalue weighted by Crippen LogP contribution is -2.14. The first-order valence-corrected chi connectivity index (χ1v) is 4.53. The van der Waals surface area contributed by atoms with Crippen LogP contribution in [0.15, 0.2) is 18.3 Å². The van der Waals surface area contributed by atoms with Crippen LogP contribution in [0.4, 0.5) is 5.69 Å². The summed E-state index contributed by atoms with van der Waals surface area (Å²) < 4.78 is 5.12. The first-order valence-electron chi connectivity index (χ1n) is 4.53. The summed E-state index contributed by atoms with van der Waals surface area (Å²) in [7, 11) is 1.63. The van der Waals surface area contributed by atoms with Gasteiger partial charge >= 0.3 is 0 Å². The van der Waals surface area contributed by atoms with Crippen LogP contribution in [-0.4, -0.2) is 18.1 Å². The molecule has 1 unspecified atom stereocenters. The number of pyridine rings is 1. The Morgan fingerprint density at radius 1 is 1.62 bits per heavy atom. The van der Waals surface area contributed by atoms with E-state index in [4.69, 9.17) is 4.74 Å². The van der Waals surface area contributed by atoms with Crippen LogP contribution in [0.3, 0.4) is 0 Å². The number of rotatable bonds is 4. The van der Waals surface area contributed by atoms with Gasteiger partial charge in [-0.05, 0) is 25.5 Å². The van der Waals surface area contributed by atoms with Gasteiger partial charge in [-0.1, -0.05) is 6.92 Å². The molecule has 0 saturated carbocycles. The Morgan fingerprint density at radius 3 is 3.00 bits per heavy atom. The van der Waals surface area contributed by atoms with E-state index in [-0.39, 0.29) is 0 Å². The van der Waals surface area contributed by atoms with Crippen molar-refractivity contribution in [1.82, 2.24) is 4.98 Å². The number of anilines is 1. The Balaban J connectivity index is 2.74. The average Bonchev–Trinajstić information content (AvgIpc) is 2.18. The second-order valence-corrected chi connectivity index (χ2v) is 3.01. The zero-order valence-corrected chi connectivity index (χ0v) is 8.37. The van der Waals surface area contributed by atoms with E-state index in [1.165, 1.54) is 0 Å². The number of methoxy groups -OCH3 is 1. The summed E-state index contributed by atoms with van der Waals surface area (Å²) in [5.41, 5.74) is 0.958. The van der Waals surface area contributed by atoms with E-state index in [1.54, 1.807) is 13.3 Å². The first-order chi connectivity index (χ1) is 6.27. The number of hydrogen-bond donors (Lipinski definition) is 1. The minimum absolute atomic E-state index is 0.443. The molecule has 0 amide bonds. The van der Waals surface area contributed by atoms with Crippen LogP contribution in [0.2, 0.25) is 0 Å². The number of aromatic nitrogens is 1. The van der Waals surface area contributed by atoms with E-state index in [0.29, 0.717) is 11.9 Å². The van der Waals surface area contributed by atoms with Gasteiger partial charge in [0, 0.05) is 12.2 Å². The fourth-order valence-electron chi connectivity index (χ4n) is 1.03. The minimum atomic E-state index is 0.443. The van der Waals surface area contributed by atoms with E-state index in [1.807, 2.05) is 12.1 Å². The molecule has 1 aromatic heterocycles. The van der Waals surface area contributed by atoms with Crippen LogP contribution < -0.4 is 10.1 Å². The van der Waals surface area contributed by atoms with Crippen LogP contribution in [0.5, 0.6) is 5.88 Å². The third-order valence-electron chi connectivity index (χ3n) is 1.98. The van der Waals surface area contributed by atoms with Gasteiger partial charge in [0.25, 0.3) is 0 Å². The molecule has 0 aliphatic heterocycles. The Kier molecular flexibility index (Phi) is 3.55. The zero-order chi connectivity index (χ0) is 9.68. The summed E-state index contributed by atoms with van der Waals surface area (Å²) in [6.07, 6.45) is 2.80. The minimum Gasteiger partial charge on any atom is -0.480 e. The summed E-state index contributed by atoms with van der Waals surface area (Å²) in [6.45, 7) is 4.27. The molecule has 0 aromatic carbocycles. The van der Waals surface area contributed by atoms with Crippen molar-refractivity contribution in [2.45, 2.75) is 26.3 Å². The van der Waals surface area contributed by atoms with Gasteiger partial charge in [-0.25, -0.2) is 4.98 Å². The van der Waals surface area contributed by atoms with Crippen molar-refractivity contribution in [3.8, 4) is 5.88 Å². The van der Waals surface area contributed by atoms with Crippen LogP contribution in [0.25, 0.3) is 0 Å². The van der Waals surface area contributed by atoms with Gasteiger partial charge in [0.1, 0.15) is 0 Å². The standard InChI is InChI=1S/C10H16N2O/c1-4-8(2)12-9-6-5-7-11-10(9)13-3/h5-8,12H,4H2,1-3H3. The van der Waals surface area contributed by atoms with Crippen LogP contribution in [-0.2, 0) is 0 Å². The molecular weight excluding hydrogens is 164 g/mol. The highest BCUT2D eigenvalue weighted by Gasteiger charge is 2.04. The monoisotopic (exact) mass is 180 g/mol. The fraction of sp³-hybridized carbons (Fsp3) is 0.500. The van der Waals surface area contributed by atoms with Crippen molar-refractivity contribution in [1.29, 1.82) is 0 Å². The van der Waals surface area contributed by atoms with E-state index < -0.39 is 0 Å². The molecule has 0 aliphatic rings. The molecule has 1 N–H and O–H groups in total. The quantitative estimate of drug-likeness (QED) is 0.772. The van der Waals surface area contributed by atoms with Gasteiger partial charge < -0.3 is 10.1 Å². The average molecular weight is 180 g/mol. The van der Waals surface area contributed by atoms with Crippen molar-refractivity contribution in [2.24, 2.45) is 0 Å². The van der Waals surface area contributed by atoms with E-state index in [0.717, 1.165) is 12.1 Å². The first kappa shape index (κ1) is 9.84. The number of ether oxygens (including phenoxy) is 1. The summed E-state index contributed by atoms with van der Waals surface area (Å²) in [6, 6.07) is 4.31. The summed E-state index contributed by atoms with van der Waals surface area (Å²) >= 11 is 0. The summed E-state index contributed by atoms with van der Waals surface area (Å²) in [4.78, 5) is 4.10. The van der Waals surface area contributed by atoms with Gasteiger partial charge in [-0.3, -0.25) is 0 Å². The van der Waals surface area contributed by atoms with Crippen molar-refractivity contribution >= 4 is 5.69 Å². The molecule has 13 heavy (non-hydrogen) atoms. The van der Waals surface area contributed by atoms with E-state index in [9.17, 15) is 0 Å². The SMILES string of the molecule is CCC(C)Nc1cccnc1OC. The second kappa shape index (κ2) is 4.70. The lowest BCUT2D eigenvalue weighted by Gasteiger charge is -2.14. The van der Waals surface area contributed by atoms with Gasteiger partial charge in [0.2, 0.25) is 5.88 Å². The maximum Gasteiger partial charge on any atom is 0.237 e. The predicted octanol–water partition coefficient (Wildman–Crippen LogP) is 2.30. The van der Waals surface area contributed by atoms with Gasteiger partial charge in [-0.15, -0.1) is 0 Å². The lowest BCUT2D eigenvalue weighted by atomic mass is 10.2. The van der Waals surface area contributed by atoms with Gasteiger partial charge in [0.15, 0.2) is 0 Å². The molecular formula is C10H16N2O. The fourth-order valence-corrected chi connectivity index (χ4v) is 1.03. The second-order valence-electron chi connectivity index (χ2n) is 3.01. The van der Waals surface area contributed by atoms with Crippen molar-refractivity contribution in [2.75, 3.05) is 12.4 Å². The molecule has 1 heterocycles. The number of nitrogens with zero attached hydrogens (tertiary/aromatic N) is 1. The molecule has 0 aliphatic carbocycles. The molecule has 0 bridgehead atoms. The maximum absolute atomic E-state index is 5.12. The lowest BCUT2D eigenvalue weighted by molar-refractivity contribution is 0.399. The van der Waals surface area contributed by atoms with E-state index >= 15 is 0 Å². The van der Waals surface area contributed by atoms with Gasteiger partial charge in [-0.2, -0.15) is 0 Å². The number of nitrogens with one attached hydrogen (secondary N) is 1. The molecule has 1 aromatic rings. The summed E-state index contributed by atoms with van der Waals surface area (Å²) in [5.74, 6) is 0.655. The molecule has 3 heteroatoms. The molecule has 1 rings (SSSR count). The highest BCUT2D eigenvalue weighted by Crippen LogP contribution is 2.20. The van der Waals surface area contributed by atoms with Crippen molar-refractivity contribution in [3.05, 3.63) is 18.3 Å². The summed E-state index contributed by atoms with van der Waals surface area (Å²) in [5, 5.41) is 3.32. The van der Waals surface area contributed by atoms with Crippen LogP contribution >= 0.6 is 0 Å². The van der Waals surface area contributed by atoms with Crippen LogP contribution in [0, 0.1) is 0 Å². The highest BCUT2D eigenvalue weighted by molar-refractivity contribution is 5.52. The normalized spacial score (nSPS) is 12.2. The molecule has 0 saturated heterocycles. The van der Waals surface area contributed by atoms with Crippen LogP contribution in [0.1, 0.15) is 20.3 Å². The molecule has 72 valence electrons. The molecule has 0 spiro atoms.